The van der Waals surface area contributed by atoms with Crippen molar-refractivity contribution in [1.82, 2.24) is 34.4 Å². The van der Waals surface area contributed by atoms with E-state index in [1.165, 1.54) is 0 Å². The van der Waals surface area contributed by atoms with Gasteiger partial charge in [-0.3, -0.25) is 4.57 Å². The summed E-state index contributed by atoms with van der Waals surface area (Å²) in [6.07, 6.45) is 0.725. The molecule has 0 saturated carbocycles. The molecule has 0 bridgehead atoms. The highest BCUT2D eigenvalue weighted by Crippen LogP contribution is 2.40. The number of para-hydroxylation sites is 2. The number of hydrogen-bond acceptors (Lipinski definition) is 7. The molecule has 0 spiro atoms. The number of nitrogens with one attached hydrogen (secondary N) is 1. The standard InChI is InChI=1S/C26H32F2N9O/c1-3-20-30-18-6-4-5-7-19(18)36(20)25-32-23-22(24(33-25)35-8-10-38-11-9-35)31-21(34(23)2)14-37(17-12-29-13-17)15-26(27,28)16-37/h4-7,17,29H,3,8-16H2,1-2H3/q+1. The lowest BCUT2D eigenvalue weighted by Gasteiger charge is -2.56. The second kappa shape index (κ2) is 8.65. The number of benzene rings is 1. The summed E-state index contributed by atoms with van der Waals surface area (Å²) in [5.41, 5.74) is 3.24. The molecule has 10 nitrogen and oxygen atoms in total. The van der Waals surface area contributed by atoms with E-state index >= 15 is 0 Å². The molecule has 3 saturated heterocycles. The van der Waals surface area contributed by atoms with E-state index in [0.29, 0.717) is 54.4 Å². The number of imidazole rings is 2. The average Bonchev–Trinajstić information content (AvgIpc) is 3.39. The minimum Gasteiger partial charge on any atom is -0.378 e. The molecule has 3 aromatic heterocycles. The number of halogens is 2. The lowest BCUT2D eigenvalue weighted by molar-refractivity contribution is -1.02. The number of anilines is 1. The smallest absolute Gasteiger partial charge is 0.342 e. The number of hydrogen-bond donors (Lipinski definition) is 1. The van der Waals surface area contributed by atoms with E-state index in [2.05, 4.69) is 17.1 Å². The van der Waals surface area contributed by atoms with Crippen LogP contribution in [-0.2, 0) is 24.8 Å². The molecule has 3 aliphatic rings. The second-order valence-electron chi connectivity index (χ2n) is 10.8. The van der Waals surface area contributed by atoms with Gasteiger partial charge in [0.15, 0.2) is 35.9 Å². The molecule has 6 heterocycles. The fourth-order valence-electron chi connectivity index (χ4n) is 6.17. The van der Waals surface area contributed by atoms with Crippen LogP contribution >= 0.6 is 0 Å². The second-order valence-corrected chi connectivity index (χ2v) is 10.8. The molecule has 200 valence electrons. The third-order valence-electron chi connectivity index (χ3n) is 8.32. The molecule has 1 N–H and O–H groups in total. The Bertz CT molecular complexity index is 1510. The molecule has 0 amide bonds. The van der Waals surface area contributed by atoms with E-state index in [4.69, 9.17) is 24.7 Å². The van der Waals surface area contributed by atoms with E-state index < -0.39 is 5.92 Å². The van der Waals surface area contributed by atoms with Crippen LogP contribution in [0.5, 0.6) is 0 Å². The molecule has 4 aromatic rings. The maximum absolute atomic E-state index is 14.2. The quantitative estimate of drug-likeness (QED) is 0.387. The van der Waals surface area contributed by atoms with Gasteiger partial charge in [-0.15, -0.1) is 0 Å². The average molecular weight is 525 g/mol. The van der Waals surface area contributed by atoms with Gasteiger partial charge in [-0.1, -0.05) is 19.1 Å². The van der Waals surface area contributed by atoms with Gasteiger partial charge >= 0.3 is 5.92 Å². The number of alkyl halides is 2. The maximum Gasteiger partial charge on any atom is 0.342 e. The number of quaternary nitrogens is 1. The highest BCUT2D eigenvalue weighted by Gasteiger charge is 2.62. The topological polar surface area (TPSA) is 85.9 Å². The summed E-state index contributed by atoms with van der Waals surface area (Å²) in [6, 6.07) is 8.17. The Hall–Kier alpha value is -3.22. The van der Waals surface area contributed by atoms with Crippen molar-refractivity contribution >= 4 is 28.0 Å². The van der Waals surface area contributed by atoms with Crippen molar-refractivity contribution in [3.63, 3.8) is 0 Å². The summed E-state index contributed by atoms with van der Waals surface area (Å²) in [5.74, 6) is 0.313. The number of fused-ring (bicyclic) bond motifs is 2. The van der Waals surface area contributed by atoms with Crippen LogP contribution in [0.4, 0.5) is 14.6 Å². The normalized spacial score (nSPS) is 21.1. The van der Waals surface area contributed by atoms with E-state index in [0.717, 1.165) is 48.0 Å². The van der Waals surface area contributed by atoms with Gasteiger partial charge in [0.1, 0.15) is 18.4 Å². The number of aryl methyl sites for hydroxylation is 2. The van der Waals surface area contributed by atoms with Crippen LogP contribution in [0.3, 0.4) is 0 Å². The van der Waals surface area contributed by atoms with Gasteiger partial charge in [-0.2, -0.15) is 18.7 Å². The Kier molecular flexibility index (Phi) is 5.43. The maximum atomic E-state index is 14.2. The van der Waals surface area contributed by atoms with Crippen molar-refractivity contribution in [2.24, 2.45) is 7.05 Å². The molecule has 0 aliphatic carbocycles. The molecular formula is C26H32F2N9O+. The minimum absolute atomic E-state index is 0.142. The first-order valence-corrected chi connectivity index (χ1v) is 13.3. The SMILES string of the molecule is CCc1nc2ccccc2n1-c1nc(N2CCOCC2)c2nc(C[N+]3(C4CNC4)CC(F)(F)C3)n(C)c2n1. The number of aromatic nitrogens is 6. The van der Waals surface area contributed by atoms with Crippen LogP contribution < -0.4 is 10.2 Å². The third-order valence-corrected chi connectivity index (χ3v) is 8.32. The fourth-order valence-corrected chi connectivity index (χ4v) is 6.17. The first kappa shape index (κ1) is 23.9. The molecule has 3 aliphatic heterocycles. The number of ether oxygens (including phenoxy) is 1. The Morgan fingerprint density at radius 3 is 2.50 bits per heavy atom. The van der Waals surface area contributed by atoms with E-state index in [-0.39, 0.29) is 19.1 Å². The summed E-state index contributed by atoms with van der Waals surface area (Å²) < 4.78 is 38.3. The van der Waals surface area contributed by atoms with Gasteiger partial charge in [0.25, 0.3) is 0 Å². The molecule has 38 heavy (non-hydrogen) atoms. The van der Waals surface area contributed by atoms with Crippen molar-refractivity contribution in [2.45, 2.75) is 31.9 Å². The van der Waals surface area contributed by atoms with Crippen molar-refractivity contribution in [3.05, 3.63) is 35.9 Å². The van der Waals surface area contributed by atoms with Crippen molar-refractivity contribution in [1.29, 1.82) is 0 Å². The Labute approximate surface area is 218 Å². The van der Waals surface area contributed by atoms with Gasteiger partial charge < -0.3 is 24.0 Å². The van der Waals surface area contributed by atoms with Crippen LogP contribution in [0.25, 0.3) is 28.1 Å². The van der Waals surface area contributed by atoms with Gasteiger partial charge in [-0.25, -0.2) is 9.97 Å². The van der Waals surface area contributed by atoms with Gasteiger partial charge in [0.05, 0.1) is 24.2 Å². The number of nitrogens with zero attached hydrogens (tertiary/aromatic N) is 8. The van der Waals surface area contributed by atoms with Crippen molar-refractivity contribution in [2.75, 3.05) is 57.4 Å². The van der Waals surface area contributed by atoms with Gasteiger partial charge in [-0.05, 0) is 12.1 Å². The first-order chi connectivity index (χ1) is 18.4. The van der Waals surface area contributed by atoms with E-state index in [1.54, 1.807) is 0 Å². The van der Waals surface area contributed by atoms with Crippen LogP contribution in [0.1, 0.15) is 18.6 Å². The van der Waals surface area contributed by atoms with Gasteiger partial charge in [0.2, 0.25) is 5.95 Å². The summed E-state index contributed by atoms with van der Waals surface area (Å²) in [7, 11) is 1.94. The summed E-state index contributed by atoms with van der Waals surface area (Å²) in [5, 5.41) is 3.25. The summed E-state index contributed by atoms with van der Waals surface area (Å²) >= 11 is 0. The molecule has 12 heteroatoms. The largest absolute Gasteiger partial charge is 0.378 e. The lowest BCUT2D eigenvalue weighted by atomic mass is 9.96. The number of rotatable bonds is 6. The zero-order valence-electron chi connectivity index (χ0n) is 21.7. The minimum atomic E-state index is -2.62. The molecule has 1 aromatic carbocycles. The monoisotopic (exact) mass is 524 g/mol. The summed E-state index contributed by atoms with van der Waals surface area (Å²) in [6.45, 7) is 6.37. The first-order valence-electron chi connectivity index (χ1n) is 13.3. The van der Waals surface area contributed by atoms with Crippen LogP contribution in [0.15, 0.2) is 24.3 Å². The van der Waals surface area contributed by atoms with Crippen LogP contribution in [0, 0.1) is 0 Å². The predicted molar refractivity (Wildman–Crippen MR) is 139 cm³/mol. The van der Waals surface area contributed by atoms with E-state index in [9.17, 15) is 8.78 Å². The number of morpholine rings is 1. The van der Waals surface area contributed by atoms with Gasteiger partial charge in [0, 0.05) is 39.6 Å². The molecule has 3 fully saturated rings. The molecule has 0 atom stereocenters. The van der Waals surface area contributed by atoms with Crippen LogP contribution in [0.2, 0.25) is 0 Å². The van der Waals surface area contributed by atoms with Crippen LogP contribution in [-0.4, -0.2) is 98.0 Å². The lowest BCUT2D eigenvalue weighted by Crippen LogP contribution is -2.79. The van der Waals surface area contributed by atoms with Crippen molar-refractivity contribution in [3.8, 4) is 5.95 Å². The number of likely N-dealkylation sites (tertiary alicyclic amines) is 1. The molecular weight excluding hydrogens is 492 g/mol. The molecule has 7 rings (SSSR count). The Morgan fingerprint density at radius 1 is 1.05 bits per heavy atom. The van der Waals surface area contributed by atoms with Crippen molar-refractivity contribution < 1.29 is 18.0 Å². The third kappa shape index (κ3) is 3.69. The zero-order chi connectivity index (χ0) is 26.1. The highest BCUT2D eigenvalue weighted by molar-refractivity contribution is 5.86. The summed E-state index contributed by atoms with van der Waals surface area (Å²) in [4.78, 5) is 22.1. The van der Waals surface area contributed by atoms with E-state index in [1.807, 2.05) is 40.4 Å². The zero-order valence-corrected chi connectivity index (χ0v) is 21.7. The Morgan fingerprint density at radius 2 is 1.82 bits per heavy atom. The highest BCUT2D eigenvalue weighted by atomic mass is 19.3. The predicted octanol–water partition coefficient (Wildman–Crippen LogP) is 2.04. The molecule has 0 radical (unpaired) electrons. The fraction of sp³-hybridized carbons (Fsp3) is 0.538. The molecule has 0 unspecified atom stereocenters. The Balaban J connectivity index is 1.38.